The number of amides is 2. The standard InChI is InChI=1S/C37H48F2N4O6/c1-6-23-29-18-43(30(23)19(2)44)34(45)32(36(3,4)5)42-35(46)49-28-16-20-15-25(20)24(28)9-7-8-14-37(38,39)31-33(48-29)41-27-17-22(47-21-10-11-21)12-13-26(27)40-31/h12-13,17,20-21,23-25,28-30,32H,6-11,14-16,18H2,1-5H3,(H,42,46)/t20?,23-,24-,25?,28-,29+,30-,32-/m1/s1. The van der Waals surface area contributed by atoms with Crippen molar-refractivity contribution in [2.75, 3.05) is 6.54 Å². The number of alkyl carbamates (subject to hydrolysis) is 1. The number of ether oxygens (including phenoxy) is 3. The van der Waals surface area contributed by atoms with E-state index in [1.54, 1.807) is 18.2 Å². The number of Topliss-reactive ketones (excluding diaryl/α,β-unsaturated/α-hetero) is 1. The highest BCUT2D eigenvalue weighted by atomic mass is 19.3. The van der Waals surface area contributed by atoms with E-state index in [0.717, 1.165) is 25.7 Å². The van der Waals surface area contributed by atoms with E-state index >= 15 is 8.78 Å². The number of benzene rings is 1. The Balaban J connectivity index is 1.28. The van der Waals surface area contributed by atoms with Crippen LogP contribution in [0.2, 0.25) is 0 Å². The van der Waals surface area contributed by atoms with Gasteiger partial charge in [-0.05, 0) is 87.2 Å². The van der Waals surface area contributed by atoms with Crippen molar-refractivity contribution in [1.82, 2.24) is 20.2 Å². The second kappa shape index (κ2) is 12.6. The lowest BCUT2D eigenvalue weighted by molar-refractivity contribution is -0.141. The van der Waals surface area contributed by atoms with Gasteiger partial charge in [-0.1, -0.05) is 34.1 Å². The van der Waals surface area contributed by atoms with Crippen molar-refractivity contribution < 1.29 is 37.4 Å². The Labute approximate surface area is 286 Å². The molecule has 3 saturated carbocycles. The summed E-state index contributed by atoms with van der Waals surface area (Å²) in [7, 11) is 0. The van der Waals surface area contributed by atoms with Gasteiger partial charge in [0.2, 0.25) is 11.8 Å². The zero-order chi connectivity index (χ0) is 34.8. The molecule has 2 aliphatic heterocycles. The summed E-state index contributed by atoms with van der Waals surface area (Å²) in [6, 6.07) is 3.18. The van der Waals surface area contributed by atoms with Gasteiger partial charge in [0, 0.05) is 18.4 Å². The minimum atomic E-state index is -3.36. The molecule has 3 heterocycles. The third kappa shape index (κ3) is 6.80. The molecule has 8 atom stereocenters. The molecule has 0 spiro atoms. The van der Waals surface area contributed by atoms with Gasteiger partial charge < -0.3 is 24.4 Å². The number of halogens is 2. The summed E-state index contributed by atoms with van der Waals surface area (Å²) in [5.74, 6) is -3.29. The number of carbonyl (C=O) groups excluding carboxylic acids is 3. The predicted molar refractivity (Wildman–Crippen MR) is 176 cm³/mol. The van der Waals surface area contributed by atoms with E-state index in [-0.39, 0.29) is 42.8 Å². The zero-order valence-electron chi connectivity index (χ0n) is 29.0. The van der Waals surface area contributed by atoms with Crippen LogP contribution in [0.15, 0.2) is 18.2 Å². The van der Waals surface area contributed by atoms with E-state index in [9.17, 15) is 14.4 Å². The number of nitrogens with zero attached hydrogens (tertiary/aromatic N) is 3. The molecule has 12 heteroatoms. The Morgan fingerprint density at radius 3 is 2.51 bits per heavy atom. The minimum Gasteiger partial charge on any atom is -0.490 e. The van der Waals surface area contributed by atoms with E-state index in [4.69, 9.17) is 14.2 Å². The number of alkyl halides is 2. The van der Waals surface area contributed by atoms with Crippen LogP contribution in [0.4, 0.5) is 13.6 Å². The smallest absolute Gasteiger partial charge is 0.408 e. The molecule has 2 bridgehead atoms. The summed E-state index contributed by atoms with van der Waals surface area (Å²) in [6.45, 7) is 8.79. The molecular formula is C37H48F2N4O6. The van der Waals surface area contributed by atoms with Gasteiger partial charge in [0.1, 0.15) is 24.0 Å². The summed E-state index contributed by atoms with van der Waals surface area (Å²) in [5, 5.41) is 2.86. The molecule has 10 nitrogen and oxygen atoms in total. The maximum Gasteiger partial charge on any atom is 0.408 e. The van der Waals surface area contributed by atoms with Crippen molar-refractivity contribution >= 4 is 28.8 Å². The van der Waals surface area contributed by atoms with E-state index in [1.165, 1.54) is 11.8 Å². The normalized spacial score (nSPS) is 33.2. The van der Waals surface area contributed by atoms with E-state index < -0.39 is 59.6 Å². The largest absolute Gasteiger partial charge is 0.490 e. The van der Waals surface area contributed by atoms with Crippen LogP contribution in [-0.2, 0) is 20.2 Å². The van der Waals surface area contributed by atoms with Crippen LogP contribution in [0.1, 0.15) is 98.1 Å². The van der Waals surface area contributed by atoms with Crippen LogP contribution in [0.25, 0.3) is 11.0 Å². The van der Waals surface area contributed by atoms with E-state index in [1.807, 2.05) is 27.7 Å². The van der Waals surface area contributed by atoms with Crippen molar-refractivity contribution in [3.63, 3.8) is 0 Å². The number of carbonyl (C=O) groups is 3. The van der Waals surface area contributed by atoms with Crippen LogP contribution < -0.4 is 14.8 Å². The fourth-order valence-electron chi connectivity index (χ4n) is 8.47. The molecule has 1 saturated heterocycles. The van der Waals surface area contributed by atoms with Gasteiger partial charge in [-0.2, -0.15) is 8.78 Å². The van der Waals surface area contributed by atoms with Gasteiger partial charge in [-0.25, -0.2) is 14.8 Å². The molecule has 7 rings (SSSR count). The molecule has 5 aliphatic rings. The highest BCUT2D eigenvalue weighted by molar-refractivity contribution is 5.92. The van der Waals surface area contributed by atoms with Gasteiger partial charge in [-0.3, -0.25) is 9.59 Å². The number of hydrogen-bond donors (Lipinski definition) is 1. The lowest BCUT2D eigenvalue weighted by atomic mass is 9.85. The molecule has 2 aromatic rings. The first-order valence-corrected chi connectivity index (χ1v) is 18.0. The summed E-state index contributed by atoms with van der Waals surface area (Å²) in [4.78, 5) is 51.5. The number of ketones is 1. The summed E-state index contributed by atoms with van der Waals surface area (Å²) >= 11 is 0. The molecule has 4 fully saturated rings. The second-order valence-electron chi connectivity index (χ2n) is 16.0. The third-order valence-electron chi connectivity index (χ3n) is 11.3. The first-order chi connectivity index (χ1) is 23.2. The van der Waals surface area contributed by atoms with Crippen LogP contribution in [0.3, 0.4) is 0 Å². The fourth-order valence-corrected chi connectivity index (χ4v) is 8.47. The van der Waals surface area contributed by atoms with Crippen molar-refractivity contribution in [2.24, 2.45) is 29.1 Å². The molecule has 2 amide bonds. The highest BCUT2D eigenvalue weighted by Crippen LogP contribution is 2.58. The topological polar surface area (TPSA) is 120 Å². The third-order valence-corrected chi connectivity index (χ3v) is 11.3. The monoisotopic (exact) mass is 682 g/mol. The minimum absolute atomic E-state index is 0.0471. The lowest BCUT2D eigenvalue weighted by Crippen LogP contribution is -2.57. The van der Waals surface area contributed by atoms with E-state index in [2.05, 4.69) is 15.3 Å². The van der Waals surface area contributed by atoms with Crippen molar-refractivity contribution in [1.29, 1.82) is 0 Å². The van der Waals surface area contributed by atoms with Gasteiger partial charge >= 0.3 is 6.09 Å². The van der Waals surface area contributed by atoms with Crippen LogP contribution in [-0.4, -0.2) is 69.6 Å². The Kier molecular flexibility index (Phi) is 8.74. The quantitative estimate of drug-likeness (QED) is 0.385. The summed E-state index contributed by atoms with van der Waals surface area (Å²) in [6.07, 6.45) is 3.49. The number of rotatable bonds is 4. The summed E-state index contributed by atoms with van der Waals surface area (Å²) in [5.41, 5.74) is -0.604. The molecule has 1 aromatic carbocycles. The number of hydrogen-bond acceptors (Lipinski definition) is 8. The molecule has 266 valence electrons. The second-order valence-corrected chi connectivity index (χ2v) is 16.0. The Hall–Kier alpha value is -3.57. The molecule has 49 heavy (non-hydrogen) atoms. The Morgan fingerprint density at radius 1 is 1.04 bits per heavy atom. The Bertz CT molecular complexity index is 1630. The van der Waals surface area contributed by atoms with Gasteiger partial charge in [0.15, 0.2) is 11.5 Å². The van der Waals surface area contributed by atoms with Crippen LogP contribution in [0, 0.1) is 29.1 Å². The van der Waals surface area contributed by atoms with Crippen molar-refractivity contribution in [3.05, 3.63) is 23.9 Å². The molecule has 1 N–H and O–H groups in total. The SMILES string of the molecule is CC[C@@H]1[C@@H]2CN(C(=O)[C@H](C(C)(C)C)NC(=O)O[C@@H]3CC4CC4[C@H]3CCCCC(F)(F)c3nc4ccc(OC5CC5)cc4nc3O2)[C@@H]1C(C)=O. The Morgan fingerprint density at radius 2 is 1.82 bits per heavy atom. The average Bonchev–Trinajstić information content (AvgIpc) is 3.94. The maximum atomic E-state index is 16.3. The van der Waals surface area contributed by atoms with Crippen LogP contribution >= 0.6 is 0 Å². The fraction of sp³-hybridized carbons (Fsp3) is 0.703. The lowest BCUT2D eigenvalue weighted by Gasteiger charge is -2.36. The first kappa shape index (κ1) is 33.9. The van der Waals surface area contributed by atoms with Crippen LogP contribution in [0.5, 0.6) is 11.6 Å². The summed E-state index contributed by atoms with van der Waals surface area (Å²) < 4.78 is 50.9. The van der Waals surface area contributed by atoms with Gasteiger partial charge in [-0.15, -0.1) is 0 Å². The number of fused-ring (bicyclic) bond motifs is 7. The highest BCUT2D eigenvalue weighted by Gasteiger charge is 2.55. The number of aromatic nitrogens is 2. The molecule has 0 radical (unpaired) electrons. The maximum absolute atomic E-state index is 16.3. The molecule has 3 aliphatic carbocycles. The van der Waals surface area contributed by atoms with E-state index in [0.29, 0.717) is 47.9 Å². The molecule has 2 unspecified atom stereocenters. The molecular weight excluding hydrogens is 634 g/mol. The molecule has 1 aromatic heterocycles. The first-order valence-electron chi connectivity index (χ1n) is 18.0. The number of nitrogens with one attached hydrogen (secondary N) is 1. The van der Waals surface area contributed by atoms with Gasteiger partial charge in [0.05, 0.1) is 29.7 Å². The van der Waals surface area contributed by atoms with Crippen molar-refractivity contribution in [3.8, 4) is 11.6 Å². The predicted octanol–water partition coefficient (Wildman–Crippen LogP) is 6.58. The zero-order valence-corrected chi connectivity index (χ0v) is 29.0. The van der Waals surface area contributed by atoms with Gasteiger partial charge in [0.25, 0.3) is 5.92 Å². The average molecular weight is 683 g/mol. The van der Waals surface area contributed by atoms with Crippen molar-refractivity contribution in [2.45, 2.75) is 129 Å².